The molecule has 0 heterocycles. The minimum absolute atomic E-state index is 0.172. The van der Waals surface area contributed by atoms with E-state index in [9.17, 15) is 9.59 Å². The van der Waals surface area contributed by atoms with Crippen molar-refractivity contribution in [2.45, 2.75) is 0 Å². The average Bonchev–Trinajstić information content (AvgIpc) is 2.25. The van der Waals surface area contributed by atoms with Gasteiger partial charge in [0.25, 0.3) is 5.91 Å². The van der Waals surface area contributed by atoms with E-state index in [1.54, 1.807) is 0 Å². The molecule has 6 heteroatoms. The van der Waals surface area contributed by atoms with Gasteiger partial charge in [0, 0.05) is 11.8 Å². The van der Waals surface area contributed by atoms with Crippen molar-refractivity contribution < 1.29 is 19.1 Å². The van der Waals surface area contributed by atoms with Crippen molar-refractivity contribution in [3.8, 4) is 5.75 Å². The number of nitrogens with two attached hydrogens (primary N) is 2. The zero-order valence-corrected chi connectivity index (χ0v) is 8.73. The molecule has 0 radical (unpaired) electrons. The number of rotatable bonds is 4. The molecule has 0 saturated heterocycles. The smallest absolute Gasteiger partial charge is 0.341 e. The van der Waals surface area contributed by atoms with Gasteiger partial charge >= 0.3 is 5.97 Å². The molecule has 0 fully saturated rings. The van der Waals surface area contributed by atoms with Crippen LogP contribution in [-0.4, -0.2) is 25.6 Å². The van der Waals surface area contributed by atoms with Gasteiger partial charge in [-0.3, -0.25) is 4.79 Å². The van der Waals surface area contributed by atoms with Crippen LogP contribution in [0.2, 0.25) is 0 Å². The van der Waals surface area contributed by atoms with Gasteiger partial charge in [0.1, 0.15) is 11.3 Å². The Morgan fingerprint density at radius 3 is 2.62 bits per heavy atom. The van der Waals surface area contributed by atoms with Gasteiger partial charge in [0.15, 0.2) is 6.61 Å². The van der Waals surface area contributed by atoms with Crippen LogP contribution in [0.15, 0.2) is 18.2 Å². The highest BCUT2D eigenvalue weighted by molar-refractivity contribution is 5.93. The van der Waals surface area contributed by atoms with E-state index in [4.69, 9.17) is 16.2 Å². The van der Waals surface area contributed by atoms with Crippen molar-refractivity contribution in [1.29, 1.82) is 0 Å². The first-order chi connectivity index (χ1) is 7.54. The lowest BCUT2D eigenvalue weighted by Gasteiger charge is -2.09. The lowest BCUT2D eigenvalue weighted by atomic mass is 10.2. The lowest BCUT2D eigenvalue weighted by molar-refractivity contribution is -0.119. The molecule has 86 valence electrons. The van der Waals surface area contributed by atoms with E-state index in [0.29, 0.717) is 5.69 Å². The molecule has 0 aliphatic rings. The molecule has 1 aromatic rings. The van der Waals surface area contributed by atoms with Crippen molar-refractivity contribution in [1.82, 2.24) is 0 Å². The number of anilines is 1. The summed E-state index contributed by atoms with van der Waals surface area (Å²) >= 11 is 0. The first-order valence-electron chi connectivity index (χ1n) is 4.43. The number of methoxy groups -OCH3 is 1. The lowest BCUT2D eigenvalue weighted by Crippen LogP contribution is -2.21. The van der Waals surface area contributed by atoms with Gasteiger partial charge in [0.2, 0.25) is 0 Å². The number of ether oxygens (including phenoxy) is 2. The fraction of sp³-hybridized carbons (Fsp3) is 0.200. The Labute approximate surface area is 92.1 Å². The van der Waals surface area contributed by atoms with E-state index >= 15 is 0 Å². The molecule has 0 aliphatic carbocycles. The number of benzene rings is 1. The van der Waals surface area contributed by atoms with E-state index in [2.05, 4.69) is 4.74 Å². The number of hydrogen-bond donors (Lipinski definition) is 2. The summed E-state index contributed by atoms with van der Waals surface area (Å²) < 4.78 is 9.59. The Kier molecular flexibility index (Phi) is 3.71. The molecule has 0 atom stereocenters. The van der Waals surface area contributed by atoms with E-state index in [1.807, 2.05) is 0 Å². The van der Waals surface area contributed by atoms with Crippen LogP contribution in [0.1, 0.15) is 10.4 Å². The molecule has 0 unspecified atom stereocenters. The van der Waals surface area contributed by atoms with Gasteiger partial charge in [-0.15, -0.1) is 0 Å². The molecular weight excluding hydrogens is 212 g/mol. The number of carbonyl (C=O) groups excluding carboxylic acids is 2. The fourth-order valence-electron chi connectivity index (χ4n) is 1.09. The summed E-state index contributed by atoms with van der Waals surface area (Å²) in [4.78, 5) is 21.9. The molecule has 0 aliphatic heterocycles. The van der Waals surface area contributed by atoms with Crippen molar-refractivity contribution in [3.05, 3.63) is 23.8 Å². The van der Waals surface area contributed by atoms with Crippen LogP contribution in [0.25, 0.3) is 0 Å². The standard InChI is InChI=1S/C10H12N2O4/c1-15-10(14)7-3-2-6(11)4-8(7)16-5-9(12)13/h2-4H,5,11H2,1H3,(H2,12,13). The maximum atomic E-state index is 11.3. The monoisotopic (exact) mass is 224 g/mol. The minimum atomic E-state index is -0.641. The predicted octanol–water partition coefficient (Wildman–Crippen LogP) is -0.0805. The van der Waals surface area contributed by atoms with Gasteiger partial charge < -0.3 is 20.9 Å². The quantitative estimate of drug-likeness (QED) is 0.549. The molecule has 0 spiro atoms. The van der Waals surface area contributed by atoms with Gasteiger partial charge in [-0.1, -0.05) is 0 Å². The molecule has 0 bridgehead atoms. The van der Waals surface area contributed by atoms with E-state index < -0.39 is 11.9 Å². The Morgan fingerprint density at radius 2 is 2.06 bits per heavy atom. The van der Waals surface area contributed by atoms with Gasteiger partial charge in [-0.05, 0) is 12.1 Å². The van der Waals surface area contributed by atoms with Crippen LogP contribution in [0.4, 0.5) is 5.69 Å². The minimum Gasteiger partial charge on any atom is -0.483 e. The van der Waals surface area contributed by atoms with Gasteiger partial charge in [-0.25, -0.2) is 4.79 Å². The highest BCUT2D eigenvalue weighted by Gasteiger charge is 2.13. The van der Waals surface area contributed by atoms with E-state index in [0.717, 1.165) is 0 Å². The third-order valence-electron chi connectivity index (χ3n) is 1.78. The summed E-state index contributed by atoms with van der Waals surface area (Å²) in [5.74, 6) is -1.04. The first kappa shape index (κ1) is 11.8. The normalized spacial score (nSPS) is 9.56. The molecular formula is C10H12N2O4. The van der Waals surface area contributed by atoms with E-state index in [1.165, 1.54) is 25.3 Å². The second-order valence-corrected chi connectivity index (χ2v) is 3.00. The Hall–Kier alpha value is -2.24. The van der Waals surface area contributed by atoms with E-state index in [-0.39, 0.29) is 17.9 Å². The molecule has 1 aromatic carbocycles. The van der Waals surface area contributed by atoms with Crippen LogP contribution in [-0.2, 0) is 9.53 Å². The zero-order valence-electron chi connectivity index (χ0n) is 8.73. The highest BCUT2D eigenvalue weighted by atomic mass is 16.5. The zero-order chi connectivity index (χ0) is 12.1. The number of nitrogen functional groups attached to an aromatic ring is 1. The van der Waals surface area contributed by atoms with Crippen molar-refractivity contribution in [3.63, 3.8) is 0 Å². The third-order valence-corrected chi connectivity index (χ3v) is 1.78. The summed E-state index contributed by atoms with van der Waals surface area (Å²) in [6.07, 6.45) is 0. The largest absolute Gasteiger partial charge is 0.483 e. The number of hydrogen-bond acceptors (Lipinski definition) is 5. The number of amides is 1. The summed E-state index contributed by atoms with van der Waals surface area (Å²) in [5, 5.41) is 0. The van der Waals surface area contributed by atoms with Gasteiger partial charge in [0.05, 0.1) is 7.11 Å². The summed E-state index contributed by atoms with van der Waals surface area (Å²) in [6.45, 7) is -0.326. The predicted molar refractivity (Wildman–Crippen MR) is 56.9 cm³/mol. The fourth-order valence-corrected chi connectivity index (χ4v) is 1.09. The van der Waals surface area contributed by atoms with Crippen molar-refractivity contribution in [2.24, 2.45) is 5.73 Å². The third kappa shape index (κ3) is 2.88. The first-order valence-corrected chi connectivity index (χ1v) is 4.43. The number of carbonyl (C=O) groups is 2. The maximum absolute atomic E-state index is 11.3. The SMILES string of the molecule is COC(=O)c1ccc(N)cc1OCC(N)=O. The van der Waals surface area contributed by atoms with Gasteiger partial charge in [-0.2, -0.15) is 0 Å². The number of esters is 1. The summed E-state index contributed by atoms with van der Waals surface area (Å²) in [5.41, 5.74) is 11.1. The topological polar surface area (TPSA) is 105 Å². The molecule has 0 aromatic heterocycles. The Bertz CT molecular complexity index is 417. The second-order valence-electron chi connectivity index (χ2n) is 3.00. The maximum Gasteiger partial charge on any atom is 0.341 e. The average molecular weight is 224 g/mol. The van der Waals surface area contributed by atoms with Crippen LogP contribution < -0.4 is 16.2 Å². The molecule has 0 saturated carbocycles. The van der Waals surface area contributed by atoms with Crippen LogP contribution in [0.3, 0.4) is 0 Å². The highest BCUT2D eigenvalue weighted by Crippen LogP contribution is 2.22. The summed E-state index contributed by atoms with van der Waals surface area (Å²) in [7, 11) is 1.25. The van der Waals surface area contributed by atoms with Crippen LogP contribution in [0, 0.1) is 0 Å². The molecule has 4 N–H and O–H groups in total. The van der Waals surface area contributed by atoms with Crippen molar-refractivity contribution in [2.75, 3.05) is 19.5 Å². The van der Waals surface area contributed by atoms with Crippen LogP contribution in [0.5, 0.6) is 5.75 Å². The number of primary amides is 1. The molecule has 1 amide bonds. The van der Waals surface area contributed by atoms with Crippen LogP contribution >= 0.6 is 0 Å². The Balaban J connectivity index is 2.98. The second kappa shape index (κ2) is 5.01. The molecule has 6 nitrogen and oxygen atoms in total. The van der Waals surface area contributed by atoms with Crippen molar-refractivity contribution >= 4 is 17.6 Å². The molecule has 1 rings (SSSR count). The Morgan fingerprint density at radius 1 is 1.38 bits per heavy atom. The molecule has 16 heavy (non-hydrogen) atoms. The summed E-state index contributed by atoms with van der Waals surface area (Å²) in [6, 6.07) is 4.41.